The molecule has 3 amide bonds. The highest BCUT2D eigenvalue weighted by Gasteiger charge is 2.23. The molecule has 34 heavy (non-hydrogen) atoms. The van der Waals surface area contributed by atoms with Gasteiger partial charge in [0.1, 0.15) is 0 Å². The van der Waals surface area contributed by atoms with Crippen LogP contribution in [0.15, 0.2) is 66.7 Å². The molecule has 1 saturated heterocycles. The first kappa shape index (κ1) is 23.8. The van der Waals surface area contributed by atoms with E-state index < -0.39 is 11.8 Å². The highest BCUT2D eigenvalue weighted by molar-refractivity contribution is 6.37. The third kappa shape index (κ3) is 5.22. The zero-order valence-electron chi connectivity index (χ0n) is 18.0. The summed E-state index contributed by atoms with van der Waals surface area (Å²) in [5.41, 5.74) is 0.939. The van der Waals surface area contributed by atoms with Crippen molar-refractivity contribution in [2.24, 2.45) is 0 Å². The van der Waals surface area contributed by atoms with Crippen LogP contribution in [0.1, 0.15) is 43.9 Å². The molecule has 0 unspecified atom stereocenters. The molecule has 0 aromatic heterocycles. The number of anilines is 2. The predicted octanol–water partition coefficient (Wildman–Crippen LogP) is 5.52. The van der Waals surface area contributed by atoms with Crippen molar-refractivity contribution in [2.45, 2.75) is 12.8 Å². The van der Waals surface area contributed by atoms with Crippen molar-refractivity contribution >= 4 is 52.3 Å². The molecule has 3 aromatic carbocycles. The van der Waals surface area contributed by atoms with Crippen LogP contribution in [-0.4, -0.2) is 40.9 Å². The molecule has 0 radical (unpaired) electrons. The number of benzene rings is 3. The summed E-state index contributed by atoms with van der Waals surface area (Å²) in [5.74, 6) is -1.46. The number of hydrogen-bond acceptors (Lipinski definition) is 4. The summed E-state index contributed by atoms with van der Waals surface area (Å²) < 4.78 is 0. The number of likely N-dealkylation sites (tertiary alicyclic amines) is 1. The summed E-state index contributed by atoms with van der Waals surface area (Å²) in [6, 6.07) is 17.0. The molecule has 3 aromatic rings. The lowest BCUT2D eigenvalue weighted by Crippen LogP contribution is -2.30. The lowest BCUT2D eigenvalue weighted by molar-refractivity contribution is 0.0790. The quantitative estimate of drug-likeness (QED) is 0.358. The third-order valence-electron chi connectivity index (χ3n) is 5.45. The van der Waals surface area contributed by atoms with Crippen molar-refractivity contribution in [1.29, 1.82) is 0 Å². The summed E-state index contributed by atoms with van der Waals surface area (Å²) in [5, 5.41) is 14.4. The molecule has 0 bridgehead atoms. The number of hydroxylamine groups is 1. The van der Waals surface area contributed by atoms with Crippen LogP contribution in [0.5, 0.6) is 0 Å². The summed E-state index contributed by atoms with van der Waals surface area (Å²) in [6.45, 7) is 1.24. The minimum atomic E-state index is -0.676. The molecule has 0 spiro atoms. The molecule has 0 aliphatic carbocycles. The Hall–Kier alpha value is -3.39. The van der Waals surface area contributed by atoms with E-state index in [1.807, 2.05) is 0 Å². The zero-order valence-corrected chi connectivity index (χ0v) is 19.5. The Morgan fingerprint density at radius 3 is 2.26 bits per heavy atom. The van der Waals surface area contributed by atoms with Gasteiger partial charge >= 0.3 is 0 Å². The molecular weight excluding hydrogens is 477 g/mol. The standard InChI is InChI=1S/C25H21Cl2N3O4/c26-18-8-9-21(22(27)14-18)23(31)28-19-12-17(24(32)29-10-4-5-11-29)13-20(15-19)30(34)25(33)16-6-2-1-3-7-16/h1-3,6-9,12-15,34H,4-5,10-11H2,(H,28,31). The fraction of sp³-hybridized carbons (Fsp3) is 0.160. The average Bonchev–Trinajstić information content (AvgIpc) is 3.38. The van der Waals surface area contributed by atoms with Gasteiger partial charge in [-0.3, -0.25) is 19.6 Å². The second-order valence-electron chi connectivity index (χ2n) is 7.83. The first-order valence-corrected chi connectivity index (χ1v) is 11.4. The van der Waals surface area contributed by atoms with Crippen molar-refractivity contribution < 1.29 is 19.6 Å². The maximum absolute atomic E-state index is 13.1. The number of carbonyl (C=O) groups is 3. The van der Waals surface area contributed by atoms with Crippen molar-refractivity contribution in [2.75, 3.05) is 23.5 Å². The Morgan fingerprint density at radius 2 is 1.59 bits per heavy atom. The zero-order chi connectivity index (χ0) is 24.2. The highest BCUT2D eigenvalue weighted by atomic mass is 35.5. The van der Waals surface area contributed by atoms with Crippen LogP contribution >= 0.6 is 23.2 Å². The van der Waals surface area contributed by atoms with E-state index in [0.29, 0.717) is 23.2 Å². The Labute approximate surface area is 206 Å². The molecule has 1 heterocycles. The van der Waals surface area contributed by atoms with Crippen LogP contribution in [0.3, 0.4) is 0 Å². The smallest absolute Gasteiger partial charge is 0.281 e. The van der Waals surface area contributed by atoms with Crippen LogP contribution in [0, 0.1) is 0 Å². The first-order valence-electron chi connectivity index (χ1n) is 10.6. The second-order valence-corrected chi connectivity index (χ2v) is 8.67. The van der Waals surface area contributed by atoms with Gasteiger partial charge in [0.25, 0.3) is 17.7 Å². The molecule has 0 atom stereocenters. The lowest BCUT2D eigenvalue weighted by Gasteiger charge is -2.20. The van der Waals surface area contributed by atoms with Gasteiger partial charge in [-0.15, -0.1) is 0 Å². The molecule has 1 aliphatic rings. The van der Waals surface area contributed by atoms with E-state index >= 15 is 0 Å². The van der Waals surface area contributed by atoms with E-state index in [1.54, 1.807) is 35.2 Å². The van der Waals surface area contributed by atoms with Crippen LogP contribution in [0.4, 0.5) is 11.4 Å². The number of nitrogens with zero attached hydrogens (tertiary/aromatic N) is 2. The van der Waals surface area contributed by atoms with Gasteiger partial charge in [-0.25, -0.2) is 0 Å². The number of halogens is 2. The highest BCUT2D eigenvalue weighted by Crippen LogP contribution is 2.27. The van der Waals surface area contributed by atoms with Crippen molar-refractivity contribution in [3.8, 4) is 0 Å². The topological polar surface area (TPSA) is 90.0 Å². The summed E-state index contributed by atoms with van der Waals surface area (Å²) >= 11 is 12.1. The molecule has 1 aliphatic heterocycles. The van der Waals surface area contributed by atoms with Gasteiger partial charge in [0, 0.05) is 34.9 Å². The molecule has 4 rings (SSSR count). The first-order chi connectivity index (χ1) is 16.3. The monoisotopic (exact) mass is 497 g/mol. The van der Waals surface area contributed by atoms with Crippen LogP contribution in [0.2, 0.25) is 10.0 Å². The van der Waals surface area contributed by atoms with Crippen molar-refractivity contribution in [1.82, 2.24) is 4.90 Å². The third-order valence-corrected chi connectivity index (χ3v) is 6.00. The van der Waals surface area contributed by atoms with E-state index in [1.165, 1.54) is 36.4 Å². The van der Waals surface area contributed by atoms with Gasteiger partial charge in [0.05, 0.1) is 16.3 Å². The number of nitrogens with one attached hydrogen (secondary N) is 1. The average molecular weight is 498 g/mol. The van der Waals surface area contributed by atoms with Gasteiger partial charge < -0.3 is 10.2 Å². The maximum atomic E-state index is 13.1. The summed E-state index contributed by atoms with van der Waals surface area (Å²) in [4.78, 5) is 40.4. The Morgan fingerprint density at radius 1 is 0.882 bits per heavy atom. The molecule has 7 nitrogen and oxygen atoms in total. The van der Waals surface area contributed by atoms with Gasteiger partial charge in [-0.05, 0) is 61.4 Å². The van der Waals surface area contributed by atoms with Gasteiger partial charge in [0.2, 0.25) is 0 Å². The van der Waals surface area contributed by atoms with Gasteiger partial charge in [-0.1, -0.05) is 41.4 Å². The van der Waals surface area contributed by atoms with Crippen LogP contribution in [0.25, 0.3) is 0 Å². The van der Waals surface area contributed by atoms with Gasteiger partial charge in [-0.2, -0.15) is 5.06 Å². The molecule has 2 N–H and O–H groups in total. The molecule has 1 fully saturated rings. The minimum Gasteiger partial charge on any atom is -0.339 e. The largest absolute Gasteiger partial charge is 0.339 e. The normalized spacial score (nSPS) is 13.0. The number of rotatable bonds is 5. The lowest BCUT2D eigenvalue weighted by atomic mass is 10.1. The van der Waals surface area contributed by atoms with E-state index in [-0.39, 0.29) is 39.0 Å². The van der Waals surface area contributed by atoms with Crippen molar-refractivity contribution in [3.63, 3.8) is 0 Å². The fourth-order valence-electron chi connectivity index (χ4n) is 3.72. The Balaban J connectivity index is 1.68. The summed E-state index contributed by atoms with van der Waals surface area (Å²) in [6.07, 6.45) is 1.81. The molecular formula is C25H21Cl2N3O4. The van der Waals surface area contributed by atoms with Crippen molar-refractivity contribution in [3.05, 3.63) is 93.5 Å². The summed E-state index contributed by atoms with van der Waals surface area (Å²) in [7, 11) is 0. The second kappa shape index (κ2) is 10.3. The SMILES string of the molecule is O=C(Nc1cc(C(=O)N2CCCC2)cc(N(O)C(=O)c2ccccc2)c1)c1ccc(Cl)cc1Cl. The van der Waals surface area contributed by atoms with E-state index in [9.17, 15) is 19.6 Å². The van der Waals surface area contributed by atoms with E-state index in [0.717, 1.165) is 12.8 Å². The number of hydrogen-bond donors (Lipinski definition) is 2. The minimum absolute atomic E-state index is 0.0383. The van der Waals surface area contributed by atoms with E-state index in [4.69, 9.17) is 23.2 Å². The predicted molar refractivity (Wildman–Crippen MR) is 131 cm³/mol. The molecule has 174 valence electrons. The van der Waals surface area contributed by atoms with E-state index in [2.05, 4.69) is 5.32 Å². The molecule has 9 heteroatoms. The Kier molecular flexibility index (Phi) is 7.17. The fourth-order valence-corrected chi connectivity index (χ4v) is 4.22. The van der Waals surface area contributed by atoms with Gasteiger partial charge in [0.15, 0.2) is 0 Å². The number of carbonyl (C=O) groups excluding carboxylic acids is 3. The Bertz CT molecular complexity index is 1240. The number of amides is 3. The van der Waals surface area contributed by atoms with Crippen LogP contribution in [-0.2, 0) is 0 Å². The molecule has 0 saturated carbocycles. The maximum Gasteiger partial charge on any atom is 0.281 e. The van der Waals surface area contributed by atoms with Crippen LogP contribution < -0.4 is 10.4 Å².